The summed E-state index contributed by atoms with van der Waals surface area (Å²) in [4.78, 5) is 15.4. The Morgan fingerprint density at radius 3 is 2.56 bits per heavy atom. The van der Waals surface area contributed by atoms with Crippen molar-refractivity contribution >= 4 is 17.2 Å². The van der Waals surface area contributed by atoms with Crippen LogP contribution in [0.25, 0.3) is 11.1 Å². The maximum absolute atomic E-state index is 11.2. The van der Waals surface area contributed by atoms with Crippen LogP contribution in [-0.2, 0) is 6.54 Å². The Balaban J connectivity index is 2.00. The van der Waals surface area contributed by atoms with Crippen LogP contribution in [0.4, 0.5) is 0 Å². The lowest BCUT2D eigenvalue weighted by atomic mass is 10.0. The number of nitrogens with zero attached hydrogens (tertiary/aromatic N) is 4. The second-order valence-corrected chi connectivity index (χ2v) is 6.37. The third-order valence-corrected chi connectivity index (χ3v) is 4.67. The molecule has 7 heteroatoms. The van der Waals surface area contributed by atoms with Crippen LogP contribution in [0.2, 0.25) is 0 Å². The van der Waals surface area contributed by atoms with Crippen molar-refractivity contribution in [1.82, 2.24) is 9.55 Å². The van der Waals surface area contributed by atoms with Crippen LogP contribution in [0.15, 0.2) is 35.7 Å². The normalized spacial score (nSPS) is 10.2. The van der Waals surface area contributed by atoms with E-state index in [2.05, 4.69) is 17.1 Å². The van der Waals surface area contributed by atoms with Crippen molar-refractivity contribution in [2.24, 2.45) is 5.73 Å². The van der Waals surface area contributed by atoms with Crippen LogP contribution in [0.5, 0.6) is 0 Å². The Hall–Kier alpha value is -3.42. The topological polar surface area (TPSA) is 108 Å². The molecule has 0 aliphatic heterocycles. The van der Waals surface area contributed by atoms with Crippen molar-refractivity contribution in [1.29, 1.82) is 10.5 Å². The van der Waals surface area contributed by atoms with E-state index in [1.54, 1.807) is 17.5 Å². The monoisotopic (exact) mass is 347 g/mol. The summed E-state index contributed by atoms with van der Waals surface area (Å²) < 4.78 is 1.86. The van der Waals surface area contributed by atoms with Gasteiger partial charge >= 0.3 is 0 Å². The number of nitrogens with two attached hydrogens (primary N) is 1. The Kier molecular flexibility index (Phi) is 4.34. The Labute approximate surface area is 148 Å². The highest BCUT2D eigenvalue weighted by Gasteiger charge is 2.16. The second-order valence-electron chi connectivity index (χ2n) is 5.43. The standard InChI is InChI=1S/C18H13N5OS/c1-11-6-14(13-4-2-12(7-19)3-5-13)16(8-20)23(11)9-17-22-15(10-25-17)18(21)24/h2-6,10H,9H2,1H3,(H2,21,24). The summed E-state index contributed by atoms with van der Waals surface area (Å²) in [5, 5.41) is 20.9. The Morgan fingerprint density at radius 2 is 2.00 bits per heavy atom. The van der Waals surface area contributed by atoms with Crippen molar-refractivity contribution in [2.45, 2.75) is 13.5 Å². The van der Waals surface area contributed by atoms with Crippen LogP contribution < -0.4 is 5.73 Å². The third-order valence-electron chi connectivity index (χ3n) is 3.83. The number of benzene rings is 1. The van der Waals surface area contributed by atoms with Crippen molar-refractivity contribution in [3.63, 3.8) is 0 Å². The maximum atomic E-state index is 11.2. The number of hydrogen-bond acceptors (Lipinski definition) is 5. The molecule has 0 radical (unpaired) electrons. The van der Waals surface area contributed by atoms with Gasteiger partial charge in [0.15, 0.2) is 0 Å². The first-order valence-electron chi connectivity index (χ1n) is 7.38. The molecule has 0 saturated heterocycles. The van der Waals surface area contributed by atoms with Crippen LogP contribution in [0.1, 0.15) is 32.4 Å². The van der Waals surface area contributed by atoms with E-state index in [-0.39, 0.29) is 5.69 Å². The molecular formula is C18H13N5OS. The molecule has 0 unspecified atom stereocenters. The van der Waals surface area contributed by atoms with E-state index < -0.39 is 5.91 Å². The molecule has 25 heavy (non-hydrogen) atoms. The van der Waals surface area contributed by atoms with Gasteiger partial charge in [0.2, 0.25) is 0 Å². The molecular weight excluding hydrogens is 334 g/mol. The molecule has 6 nitrogen and oxygen atoms in total. The molecule has 0 saturated carbocycles. The highest BCUT2D eigenvalue weighted by atomic mass is 32.1. The largest absolute Gasteiger partial charge is 0.364 e. The predicted molar refractivity (Wildman–Crippen MR) is 93.8 cm³/mol. The fourth-order valence-electron chi connectivity index (χ4n) is 2.58. The van der Waals surface area contributed by atoms with Gasteiger partial charge in [0, 0.05) is 16.6 Å². The van der Waals surface area contributed by atoms with Crippen LogP contribution in [0, 0.1) is 29.6 Å². The molecule has 0 fully saturated rings. The summed E-state index contributed by atoms with van der Waals surface area (Å²) in [6.45, 7) is 2.31. The van der Waals surface area contributed by atoms with E-state index in [1.807, 2.05) is 29.7 Å². The summed E-state index contributed by atoms with van der Waals surface area (Å²) in [6.07, 6.45) is 0. The number of carbonyl (C=O) groups excluding carboxylic acids is 1. The minimum atomic E-state index is -0.564. The van der Waals surface area contributed by atoms with Gasteiger partial charge in [-0.2, -0.15) is 10.5 Å². The molecule has 3 aromatic rings. The van der Waals surface area contributed by atoms with Crippen LogP contribution in [-0.4, -0.2) is 15.5 Å². The van der Waals surface area contributed by atoms with E-state index in [1.165, 1.54) is 11.3 Å². The number of primary amides is 1. The van der Waals surface area contributed by atoms with Gasteiger partial charge in [0.25, 0.3) is 5.91 Å². The average molecular weight is 347 g/mol. The van der Waals surface area contributed by atoms with Gasteiger partial charge in [-0.1, -0.05) is 12.1 Å². The fourth-order valence-corrected chi connectivity index (χ4v) is 3.35. The van der Waals surface area contributed by atoms with E-state index in [4.69, 9.17) is 11.0 Å². The van der Waals surface area contributed by atoms with E-state index in [9.17, 15) is 10.1 Å². The number of amides is 1. The lowest BCUT2D eigenvalue weighted by molar-refractivity contribution is 0.0996. The number of hydrogen-bond donors (Lipinski definition) is 1. The highest BCUT2D eigenvalue weighted by molar-refractivity contribution is 7.09. The number of aryl methyl sites for hydroxylation is 1. The Morgan fingerprint density at radius 1 is 1.28 bits per heavy atom. The maximum Gasteiger partial charge on any atom is 0.268 e. The first-order valence-corrected chi connectivity index (χ1v) is 8.26. The summed E-state index contributed by atoms with van der Waals surface area (Å²) in [6, 6.07) is 13.4. The molecule has 1 amide bonds. The number of nitriles is 2. The van der Waals surface area contributed by atoms with Crippen molar-refractivity contribution in [3.8, 4) is 23.3 Å². The molecule has 3 rings (SSSR count). The Bertz CT molecular complexity index is 1030. The molecule has 0 aliphatic rings. The zero-order chi connectivity index (χ0) is 18.0. The SMILES string of the molecule is Cc1cc(-c2ccc(C#N)cc2)c(C#N)n1Cc1nc(C(N)=O)cs1. The minimum absolute atomic E-state index is 0.232. The molecule has 0 aliphatic carbocycles. The van der Waals surface area contributed by atoms with Gasteiger partial charge in [-0.3, -0.25) is 4.79 Å². The third kappa shape index (κ3) is 3.14. The fraction of sp³-hybridized carbons (Fsp3) is 0.111. The molecule has 0 spiro atoms. The molecule has 0 bridgehead atoms. The number of thiazole rings is 1. The van der Waals surface area contributed by atoms with Crippen molar-refractivity contribution in [2.75, 3.05) is 0 Å². The average Bonchev–Trinajstić information content (AvgIpc) is 3.21. The molecule has 2 N–H and O–H groups in total. The lowest BCUT2D eigenvalue weighted by Gasteiger charge is -2.06. The summed E-state index contributed by atoms with van der Waals surface area (Å²) >= 11 is 1.33. The van der Waals surface area contributed by atoms with Gasteiger partial charge in [-0.25, -0.2) is 4.98 Å². The van der Waals surface area contributed by atoms with E-state index >= 15 is 0 Å². The number of carbonyl (C=O) groups is 1. The quantitative estimate of drug-likeness (QED) is 0.782. The molecule has 0 atom stereocenters. The minimum Gasteiger partial charge on any atom is -0.364 e. The van der Waals surface area contributed by atoms with Gasteiger partial charge in [0.05, 0.1) is 18.2 Å². The zero-order valence-electron chi connectivity index (χ0n) is 13.4. The van der Waals surface area contributed by atoms with Gasteiger partial charge in [0.1, 0.15) is 22.5 Å². The van der Waals surface area contributed by atoms with Crippen molar-refractivity contribution < 1.29 is 4.79 Å². The van der Waals surface area contributed by atoms with Gasteiger partial charge in [-0.05, 0) is 30.7 Å². The molecule has 2 heterocycles. The first-order chi connectivity index (χ1) is 12.0. The van der Waals surface area contributed by atoms with Crippen molar-refractivity contribution in [3.05, 3.63) is 63.4 Å². The van der Waals surface area contributed by atoms with Gasteiger partial charge in [-0.15, -0.1) is 11.3 Å². The van der Waals surface area contributed by atoms with Crippen LogP contribution >= 0.6 is 11.3 Å². The predicted octanol–water partition coefficient (Wildman–Crippen LogP) is 2.81. The summed E-state index contributed by atoms with van der Waals surface area (Å²) in [5.74, 6) is -0.564. The summed E-state index contributed by atoms with van der Waals surface area (Å²) in [7, 11) is 0. The lowest BCUT2D eigenvalue weighted by Crippen LogP contribution is -2.12. The summed E-state index contributed by atoms with van der Waals surface area (Å²) in [5.41, 5.74) is 9.13. The molecule has 2 aromatic heterocycles. The van der Waals surface area contributed by atoms with E-state index in [0.717, 1.165) is 16.8 Å². The second kappa shape index (κ2) is 6.60. The van der Waals surface area contributed by atoms with E-state index in [0.29, 0.717) is 22.8 Å². The molecule has 1 aromatic carbocycles. The van der Waals surface area contributed by atoms with Crippen LogP contribution in [0.3, 0.4) is 0 Å². The smallest absolute Gasteiger partial charge is 0.268 e. The highest BCUT2D eigenvalue weighted by Crippen LogP contribution is 2.28. The molecule has 122 valence electrons. The first kappa shape index (κ1) is 16.4. The number of rotatable bonds is 4. The van der Waals surface area contributed by atoms with Gasteiger partial charge < -0.3 is 10.3 Å². The zero-order valence-corrected chi connectivity index (χ0v) is 14.2. The number of aromatic nitrogens is 2.